The second-order valence-electron chi connectivity index (χ2n) is 8.61. The number of hydrogen-bond donors (Lipinski definition) is 0. The van der Waals surface area contributed by atoms with E-state index in [1.54, 1.807) is 19.3 Å². The summed E-state index contributed by atoms with van der Waals surface area (Å²) in [5, 5.41) is 4.13. The molecule has 1 atom stereocenters. The molecule has 2 saturated heterocycles. The molecular formula is C21H33N5O2. The maximum atomic E-state index is 13.1. The summed E-state index contributed by atoms with van der Waals surface area (Å²) in [5.74, 6) is 0.323. The summed E-state index contributed by atoms with van der Waals surface area (Å²) < 4.78 is 1.34. The third-order valence-electron chi connectivity index (χ3n) is 6.81. The highest BCUT2D eigenvalue weighted by atomic mass is 16.2. The number of aryl methyl sites for hydroxylation is 1. The molecule has 0 N–H and O–H groups in total. The standard InChI is InChI=1S/C21H33N5O2/c1-23-20(27)14-19(15-22-23)26-9-5-6-17(16-26)21(28)25-12-10-24(11-13-25)18-7-3-2-4-8-18/h14-15,17-18H,2-13,16H2,1H3. The number of rotatable bonds is 3. The first kappa shape index (κ1) is 19.4. The summed E-state index contributed by atoms with van der Waals surface area (Å²) in [6, 6.07) is 2.37. The minimum Gasteiger partial charge on any atom is -0.369 e. The van der Waals surface area contributed by atoms with Gasteiger partial charge in [-0.2, -0.15) is 5.10 Å². The van der Waals surface area contributed by atoms with E-state index in [-0.39, 0.29) is 11.5 Å². The van der Waals surface area contributed by atoms with Crippen LogP contribution in [0, 0.1) is 5.92 Å². The molecule has 0 spiro atoms. The van der Waals surface area contributed by atoms with Gasteiger partial charge in [0.05, 0.1) is 17.8 Å². The van der Waals surface area contributed by atoms with Gasteiger partial charge in [-0.25, -0.2) is 4.68 Å². The summed E-state index contributed by atoms with van der Waals surface area (Å²) in [6.45, 7) is 5.33. The molecule has 0 radical (unpaired) electrons. The first-order chi connectivity index (χ1) is 13.6. The van der Waals surface area contributed by atoms with Crippen molar-refractivity contribution in [2.45, 2.75) is 51.0 Å². The van der Waals surface area contributed by atoms with Gasteiger partial charge in [0.15, 0.2) is 0 Å². The van der Waals surface area contributed by atoms with Crippen LogP contribution in [0.1, 0.15) is 44.9 Å². The van der Waals surface area contributed by atoms with Gasteiger partial charge in [-0.15, -0.1) is 0 Å². The summed E-state index contributed by atoms with van der Waals surface area (Å²) >= 11 is 0. The van der Waals surface area contributed by atoms with Gasteiger partial charge in [0.25, 0.3) is 5.56 Å². The fourth-order valence-electron chi connectivity index (χ4n) is 5.06. The van der Waals surface area contributed by atoms with Gasteiger partial charge in [0, 0.05) is 58.4 Å². The Morgan fingerprint density at radius 1 is 1.00 bits per heavy atom. The Morgan fingerprint density at radius 2 is 1.75 bits per heavy atom. The quantitative estimate of drug-likeness (QED) is 0.786. The fraction of sp³-hybridized carbons (Fsp3) is 0.762. The van der Waals surface area contributed by atoms with Gasteiger partial charge in [-0.1, -0.05) is 19.3 Å². The highest BCUT2D eigenvalue weighted by Crippen LogP contribution is 2.26. The molecule has 1 saturated carbocycles. The van der Waals surface area contributed by atoms with E-state index in [1.807, 2.05) is 0 Å². The molecule has 154 valence electrons. The number of hydrogen-bond acceptors (Lipinski definition) is 5. The molecule has 7 nitrogen and oxygen atoms in total. The summed E-state index contributed by atoms with van der Waals surface area (Å²) in [5.41, 5.74) is 0.729. The van der Waals surface area contributed by atoms with Crippen LogP contribution in [0.5, 0.6) is 0 Å². The lowest BCUT2D eigenvalue weighted by molar-refractivity contribution is -0.138. The molecule has 0 aromatic carbocycles. The molecule has 1 aromatic heterocycles. The normalized spacial score (nSPS) is 25.1. The van der Waals surface area contributed by atoms with Crippen molar-refractivity contribution >= 4 is 11.6 Å². The van der Waals surface area contributed by atoms with Crippen LogP contribution in [0.3, 0.4) is 0 Å². The van der Waals surface area contributed by atoms with E-state index in [0.717, 1.165) is 57.3 Å². The van der Waals surface area contributed by atoms with Gasteiger partial charge < -0.3 is 9.80 Å². The van der Waals surface area contributed by atoms with Gasteiger partial charge in [-0.05, 0) is 25.7 Å². The van der Waals surface area contributed by atoms with Crippen LogP contribution in [0.15, 0.2) is 17.1 Å². The molecule has 28 heavy (non-hydrogen) atoms. The molecule has 3 fully saturated rings. The Bertz CT molecular complexity index is 735. The van der Waals surface area contributed by atoms with Gasteiger partial charge >= 0.3 is 0 Å². The van der Waals surface area contributed by atoms with E-state index in [0.29, 0.717) is 12.5 Å². The average molecular weight is 388 g/mol. The van der Waals surface area contributed by atoms with Crippen LogP contribution in [0.4, 0.5) is 5.69 Å². The molecule has 1 unspecified atom stereocenters. The molecule has 3 aliphatic rings. The van der Waals surface area contributed by atoms with Crippen molar-refractivity contribution in [3.05, 3.63) is 22.6 Å². The number of anilines is 1. The molecule has 4 rings (SSSR count). The highest BCUT2D eigenvalue weighted by Gasteiger charge is 2.32. The SMILES string of the molecule is Cn1ncc(N2CCCC(C(=O)N3CCN(C4CCCCC4)CC3)C2)cc1=O. The second-order valence-corrected chi connectivity index (χ2v) is 8.61. The van der Waals surface area contributed by atoms with Gasteiger partial charge in [-0.3, -0.25) is 14.5 Å². The van der Waals surface area contributed by atoms with E-state index in [9.17, 15) is 9.59 Å². The first-order valence-corrected chi connectivity index (χ1v) is 10.9. The Kier molecular flexibility index (Phi) is 5.99. The number of carbonyl (C=O) groups excluding carboxylic acids is 1. The second kappa shape index (κ2) is 8.64. The zero-order valence-corrected chi connectivity index (χ0v) is 17.1. The number of amides is 1. The molecule has 1 amide bonds. The Morgan fingerprint density at radius 3 is 2.46 bits per heavy atom. The summed E-state index contributed by atoms with van der Waals surface area (Å²) in [4.78, 5) is 31.9. The van der Waals surface area contributed by atoms with E-state index in [4.69, 9.17) is 0 Å². The molecule has 0 bridgehead atoms. The van der Waals surface area contributed by atoms with Crippen molar-refractivity contribution in [1.29, 1.82) is 0 Å². The molecule has 1 aliphatic carbocycles. The molecule has 2 aliphatic heterocycles. The third-order valence-corrected chi connectivity index (χ3v) is 6.81. The number of aromatic nitrogens is 2. The number of piperazine rings is 1. The minimum absolute atomic E-state index is 0.0269. The van der Waals surface area contributed by atoms with Crippen molar-refractivity contribution in [2.75, 3.05) is 44.2 Å². The lowest BCUT2D eigenvalue weighted by Gasteiger charge is -2.42. The van der Waals surface area contributed by atoms with Gasteiger partial charge in [0.2, 0.25) is 5.91 Å². The van der Waals surface area contributed by atoms with E-state index < -0.39 is 0 Å². The summed E-state index contributed by atoms with van der Waals surface area (Å²) in [6.07, 6.45) is 10.4. The Hall–Kier alpha value is -1.89. The van der Waals surface area contributed by atoms with Crippen LogP contribution in [0.2, 0.25) is 0 Å². The zero-order valence-electron chi connectivity index (χ0n) is 17.1. The lowest BCUT2D eigenvalue weighted by Crippen LogP contribution is -2.54. The zero-order chi connectivity index (χ0) is 19.5. The number of nitrogens with zero attached hydrogens (tertiary/aromatic N) is 5. The van der Waals surface area contributed by atoms with Crippen molar-refractivity contribution in [3.63, 3.8) is 0 Å². The van der Waals surface area contributed by atoms with Crippen LogP contribution in [0.25, 0.3) is 0 Å². The monoisotopic (exact) mass is 387 g/mol. The predicted molar refractivity (Wildman–Crippen MR) is 109 cm³/mol. The van der Waals surface area contributed by atoms with Crippen molar-refractivity contribution in [3.8, 4) is 0 Å². The topological polar surface area (TPSA) is 61.7 Å². The minimum atomic E-state index is -0.107. The molecular weight excluding hydrogens is 354 g/mol. The maximum Gasteiger partial charge on any atom is 0.268 e. The lowest BCUT2D eigenvalue weighted by atomic mass is 9.93. The highest BCUT2D eigenvalue weighted by molar-refractivity contribution is 5.80. The van der Waals surface area contributed by atoms with Crippen LogP contribution < -0.4 is 10.5 Å². The number of carbonyl (C=O) groups is 1. The molecule has 7 heteroatoms. The van der Waals surface area contributed by atoms with E-state index in [2.05, 4.69) is 19.8 Å². The van der Waals surface area contributed by atoms with Crippen LogP contribution in [-0.2, 0) is 11.8 Å². The van der Waals surface area contributed by atoms with Crippen molar-refractivity contribution in [2.24, 2.45) is 13.0 Å². The average Bonchev–Trinajstić information content (AvgIpc) is 2.76. The Labute approximate surface area is 167 Å². The van der Waals surface area contributed by atoms with Crippen molar-refractivity contribution < 1.29 is 4.79 Å². The predicted octanol–water partition coefficient (Wildman–Crippen LogP) is 1.47. The Balaban J connectivity index is 1.33. The third kappa shape index (κ3) is 4.24. The van der Waals surface area contributed by atoms with Gasteiger partial charge in [0.1, 0.15) is 0 Å². The number of piperidine rings is 1. The van der Waals surface area contributed by atoms with E-state index in [1.165, 1.54) is 36.8 Å². The summed E-state index contributed by atoms with van der Waals surface area (Å²) in [7, 11) is 1.65. The molecule has 1 aromatic rings. The fourth-order valence-corrected chi connectivity index (χ4v) is 5.06. The van der Waals surface area contributed by atoms with Crippen LogP contribution in [-0.4, -0.2) is 70.8 Å². The first-order valence-electron chi connectivity index (χ1n) is 10.9. The largest absolute Gasteiger partial charge is 0.369 e. The van der Waals surface area contributed by atoms with E-state index >= 15 is 0 Å². The van der Waals surface area contributed by atoms with Crippen LogP contribution >= 0.6 is 0 Å². The van der Waals surface area contributed by atoms with Crippen molar-refractivity contribution in [1.82, 2.24) is 19.6 Å². The molecule has 3 heterocycles. The maximum absolute atomic E-state index is 13.1. The smallest absolute Gasteiger partial charge is 0.268 e.